The number of nitrogens with one attached hydrogen (secondary N) is 1. The highest BCUT2D eigenvalue weighted by atomic mass is 16.1. The van der Waals surface area contributed by atoms with Crippen LogP contribution < -0.4 is 5.32 Å². The van der Waals surface area contributed by atoms with Crippen LogP contribution in [0, 0.1) is 5.41 Å². The number of rotatable bonds is 4. The maximum absolute atomic E-state index is 11.2. The van der Waals surface area contributed by atoms with Crippen molar-refractivity contribution in [3.05, 3.63) is 0 Å². The summed E-state index contributed by atoms with van der Waals surface area (Å²) >= 11 is 0. The van der Waals surface area contributed by atoms with Gasteiger partial charge in [0.25, 0.3) is 0 Å². The molecule has 0 aliphatic rings. The molecule has 0 aromatic carbocycles. The average Bonchev–Trinajstić information content (AvgIpc) is 2.35. The fourth-order valence-electron chi connectivity index (χ4n) is 1.32. The van der Waals surface area contributed by atoms with Gasteiger partial charge >= 0.3 is 0 Å². The third kappa shape index (κ3) is 15.6. The summed E-state index contributed by atoms with van der Waals surface area (Å²) in [6.45, 7) is 21.9. The summed E-state index contributed by atoms with van der Waals surface area (Å²) in [5.41, 5.74) is -0.179. The summed E-state index contributed by atoms with van der Waals surface area (Å²) in [5, 5.41) is 3.20. The van der Waals surface area contributed by atoms with Crippen LogP contribution in [0.15, 0.2) is 0 Å². The molecule has 0 fully saturated rings. The van der Waals surface area contributed by atoms with E-state index in [2.05, 4.69) is 19.2 Å². The van der Waals surface area contributed by atoms with Gasteiger partial charge in [0.15, 0.2) is 0 Å². The van der Waals surface area contributed by atoms with Crippen LogP contribution in [0.3, 0.4) is 0 Å². The lowest BCUT2D eigenvalue weighted by atomic mass is 9.77. The summed E-state index contributed by atoms with van der Waals surface area (Å²) < 4.78 is 0. The van der Waals surface area contributed by atoms with Gasteiger partial charge in [-0.05, 0) is 34.2 Å². The molecule has 0 rings (SSSR count). The van der Waals surface area contributed by atoms with E-state index in [0.717, 1.165) is 6.42 Å². The molecule has 2 nitrogen and oxygen atoms in total. The quantitative estimate of drug-likeness (QED) is 0.765. The third-order valence-corrected chi connectivity index (χ3v) is 2.51. The molecule has 2 heteroatoms. The van der Waals surface area contributed by atoms with Crippen molar-refractivity contribution in [2.75, 3.05) is 7.05 Å². The maximum Gasteiger partial charge on any atom is 0.135 e. The minimum atomic E-state index is -0.216. The van der Waals surface area contributed by atoms with Gasteiger partial charge < -0.3 is 5.32 Å². The second-order valence-corrected chi connectivity index (χ2v) is 4.75. The molecule has 0 spiro atoms. The predicted octanol–water partition coefficient (Wildman–Crippen LogP) is 5.07. The third-order valence-electron chi connectivity index (χ3n) is 2.51. The van der Waals surface area contributed by atoms with Crippen LogP contribution in [0.5, 0.6) is 0 Å². The van der Waals surface area contributed by atoms with Gasteiger partial charge in [0.05, 0.1) is 0 Å². The molecular weight excluding hydrogens is 222 g/mol. The van der Waals surface area contributed by atoms with Crippen molar-refractivity contribution in [3.63, 3.8) is 0 Å². The van der Waals surface area contributed by atoms with Crippen LogP contribution >= 0.6 is 0 Å². The molecule has 0 saturated heterocycles. The number of hydrogen-bond donors (Lipinski definition) is 1. The maximum atomic E-state index is 11.2. The summed E-state index contributed by atoms with van der Waals surface area (Å²) in [6.07, 6.45) is 0.867. The number of carbonyl (C=O) groups excluding carboxylic acids is 1. The highest BCUT2D eigenvalue weighted by Gasteiger charge is 2.30. The Kier molecular flexibility index (Phi) is 21.4. The number of ketones is 1. The smallest absolute Gasteiger partial charge is 0.135 e. The summed E-state index contributed by atoms with van der Waals surface area (Å²) in [7, 11) is 1.93. The molecule has 0 aromatic rings. The van der Waals surface area contributed by atoms with Crippen molar-refractivity contribution in [1.82, 2.24) is 5.32 Å². The van der Waals surface area contributed by atoms with E-state index in [1.807, 2.05) is 62.4 Å². The zero-order valence-corrected chi connectivity index (χ0v) is 15.1. The van der Waals surface area contributed by atoms with Crippen LogP contribution in [0.1, 0.15) is 82.6 Å². The van der Waals surface area contributed by atoms with Gasteiger partial charge in [-0.3, -0.25) is 4.79 Å². The minimum Gasteiger partial charge on any atom is -0.315 e. The molecule has 0 aliphatic heterocycles. The fraction of sp³-hybridized carbons (Fsp3) is 0.938. The summed E-state index contributed by atoms with van der Waals surface area (Å²) in [4.78, 5) is 11.2. The molecule has 0 heterocycles. The second-order valence-electron chi connectivity index (χ2n) is 4.75. The Morgan fingerprint density at radius 3 is 1.33 bits per heavy atom. The molecule has 0 aromatic heterocycles. The van der Waals surface area contributed by atoms with Crippen molar-refractivity contribution in [1.29, 1.82) is 0 Å². The Morgan fingerprint density at radius 1 is 0.889 bits per heavy atom. The van der Waals surface area contributed by atoms with Crippen molar-refractivity contribution < 1.29 is 4.79 Å². The van der Waals surface area contributed by atoms with Crippen molar-refractivity contribution in [2.45, 2.75) is 88.1 Å². The lowest BCUT2D eigenvalue weighted by Gasteiger charge is -2.33. The Hall–Kier alpha value is -0.370. The van der Waals surface area contributed by atoms with E-state index in [9.17, 15) is 4.79 Å². The van der Waals surface area contributed by atoms with Crippen LogP contribution in [0.2, 0.25) is 0 Å². The molecule has 0 radical (unpaired) electrons. The highest BCUT2D eigenvalue weighted by Crippen LogP contribution is 2.28. The van der Waals surface area contributed by atoms with Crippen molar-refractivity contribution in [3.8, 4) is 0 Å². The van der Waals surface area contributed by atoms with Crippen LogP contribution in [0.4, 0.5) is 0 Å². The molecule has 1 N–H and O–H groups in total. The normalized spacial score (nSPS) is 9.78. The van der Waals surface area contributed by atoms with Gasteiger partial charge in [-0.15, -0.1) is 0 Å². The first-order valence-electron chi connectivity index (χ1n) is 7.41. The SMILES string of the molecule is CC.CC.CC.CNC(C)(C)CC(C)(C)C(C)=O. The topological polar surface area (TPSA) is 29.1 Å². The van der Waals surface area contributed by atoms with Gasteiger partial charge in [-0.25, -0.2) is 0 Å². The van der Waals surface area contributed by atoms with E-state index in [1.165, 1.54) is 0 Å². The second kappa shape index (κ2) is 14.7. The van der Waals surface area contributed by atoms with E-state index in [0.29, 0.717) is 0 Å². The van der Waals surface area contributed by atoms with Gasteiger partial charge in [-0.1, -0.05) is 55.4 Å². The monoisotopic (exact) mass is 261 g/mol. The Morgan fingerprint density at radius 2 is 1.17 bits per heavy atom. The van der Waals surface area contributed by atoms with Crippen LogP contribution in [0.25, 0.3) is 0 Å². The molecule has 0 aliphatic carbocycles. The fourth-order valence-corrected chi connectivity index (χ4v) is 1.32. The summed E-state index contributed by atoms with van der Waals surface area (Å²) in [6, 6.07) is 0. The van der Waals surface area contributed by atoms with E-state index >= 15 is 0 Å². The standard InChI is InChI=1S/C10H21NO.3C2H6/c1-8(12)9(2,3)7-10(4,5)11-6;3*1-2/h11H,7H2,1-6H3;3*1-2H3. The number of Topliss-reactive ketones (excluding diaryl/α,β-unsaturated/α-hetero) is 1. The molecule has 18 heavy (non-hydrogen) atoms. The molecule has 0 atom stereocenters. The lowest BCUT2D eigenvalue weighted by molar-refractivity contribution is -0.125. The first kappa shape index (κ1) is 26.2. The van der Waals surface area contributed by atoms with E-state index in [-0.39, 0.29) is 16.7 Å². The van der Waals surface area contributed by atoms with E-state index in [1.54, 1.807) is 6.92 Å². The van der Waals surface area contributed by atoms with Gasteiger partial charge in [-0.2, -0.15) is 0 Å². The predicted molar refractivity (Wildman–Crippen MR) is 86.3 cm³/mol. The summed E-state index contributed by atoms with van der Waals surface area (Å²) in [5.74, 6) is 0.255. The zero-order valence-electron chi connectivity index (χ0n) is 15.1. The first-order valence-corrected chi connectivity index (χ1v) is 7.41. The highest BCUT2D eigenvalue weighted by molar-refractivity contribution is 5.81. The largest absolute Gasteiger partial charge is 0.315 e. The first-order chi connectivity index (χ1) is 8.21. The molecule has 114 valence electrons. The van der Waals surface area contributed by atoms with E-state index in [4.69, 9.17) is 0 Å². The van der Waals surface area contributed by atoms with Gasteiger partial charge in [0.2, 0.25) is 0 Å². The van der Waals surface area contributed by atoms with E-state index < -0.39 is 0 Å². The minimum absolute atomic E-state index is 0.0369. The van der Waals surface area contributed by atoms with Gasteiger partial charge in [0.1, 0.15) is 5.78 Å². The molecule has 0 bridgehead atoms. The number of carbonyl (C=O) groups is 1. The Labute approximate surface area is 117 Å². The Bertz CT molecular complexity index is 172. The number of hydrogen-bond acceptors (Lipinski definition) is 2. The zero-order chi connectivity index (χ0) is 16.0. The Balaban J connectivity index is -0.000000141. The van der Waals surface area contributed by atoms with Crippen LogP contribution in [-0.4, -0.2) is 18.4 Å². The lowest BCUT2D eigenvalue weighted by Crippen LogP contribution is -2.42. The van der Waals surface area contributed by atoms with Crippen molar-refractivity contribution >= 4 is 5.78 Å². The molecule has 0 unspecified atom stereocenters. The molecule has 0 amide bonds. The van der Waals surface area contributed by atoms with Gasteiger partial charge in [0, 0.05) is 11.0 Å². The molecular formula is C16H39NO. The van der Waals surface area contributed by atoms with Crippen LogP contribution in [-0.2, 0) is 4.79 Å². The van der Waals surface area contributed by atoms with Crippen molar-refractivity contribution in [2.24, 2.45) is 5.41 Å². The average molecular weight is 261 g/mol. The molecule has 0 saturated carbocycles.